The zero-order chi connectivity index (χ0) is 11.3. The summed E-state index contributed by atoms with van der Waals surface area (Å²) in [4.78, 5) is 7.13. The summed E-state index contributed by atoms with van der Waals surface area (Å²) in [5, 5.41) is 0. The molecule has 2 unspecified atom stereocenters. The van der Waals surface area contributed by atoms with Crippen LogP contribution in [0.25, 0.3) is 5.57 Å². The standard InChI is InChI=1S/C12H16IN3/c1-15-7-11(13)14-12(15)8-5-9-3-4-10(6-8)16(9)2/h5,7,9-10H,3-4,6H2,1-2H3. The minimum Gasteiger partial charge on any atom is -0.333 e. The van der Waals surface area contributed by atoms with Gasteiger partial charge in [0.05, 0.1) is 0 Å². The van der Waals surface area contributed by atoms with E-state index in [-0.39, 0.29) is 0 Å². The number of hydrogen-bond donors (Lipinski definition) is 0. The first-order chi connectivity index (χ1) is 7.65. The third-order valence-electron chi connectivity index (χ3n) is 3.88. The van der Waals surface area contributed by atoms with Crippen molar-refractivity contribution in [3.63, 3.8) is 0 Å². The van der Waals surface area contributed by atoms with E-state index in [1.807, 2.05) is 0 Å². The first-order valence-electron chi connectivity index (χ1n) is 5.77. The van der Waals surface area contributed by atoms with Gasteiger partial charge in [-0.05, 0) is 54.5 Å². The molecule has 16 heavy (non-hydrogen) atoms. The molecule has 4 heteroatoms. The molecule has 3 nitrogen and oxygen atoms in total. The lowest BCUT2D eigenvalue weighted by molar-refractivity contribution is 0.264. The molecule has 0 spiro atoms. The molecule has 2 aliphatic rings. The van der Waals surface area contributed by atoms with Crippen molar-refractivity contribution < 1.29 is 0 Å². The Kier molecular flexibility index (Phi) is 2.58. The topological polar surface area (TPSA) is 21.1 Å². The molecule has 0 radical (unpaired) electrons. The SMILES string of the molecule is CN1C2C=C(c3nc(I)cn3C)CC1CC2. The molecule has 2 bridgehead atoms. The van der Waals surface area contributed by atoms with Gasteiger partial charge in [0.15, 0.2) is 0 Å². The van der Waals surface area contributed by atoms with Crippen LogP contribution in [-0.4, -0.2) is 33.6 Å². The van der Waals surface area contributed by atoms with Gasteiger partial charge in [-0.15, -0.1) is 0 Å². The van der Waals surface area contributed by atoms with Crippen LogP contribution in [-0.2, 0) is 7.05 Å². The molecule has 1 aromatic heterocycles. The first kappa shape index (κ1) is 10.8. The van der Waals surface area contributed by atoms with Gasteiger partial charge in [0, 0.05) is 25.3 Å². The summed E-state index contributed by atoms with van der Waals surface area (Å²) in [7, 11) is 4.34. The summed E-state index contributed by atoms with van der Waals surface area (Å²) < 4.78 is 3.24. The van der Waals surface area contributed by atoms with Crippen LogP contribution in [0.2, 0.25) is 0 Å². The normalized spacial score (nSPS) is 29.6. The van der Waals surface area contributed by atoms with Crippen molar-refractivity contribution in [2.24, 2.45) is 7.05 Å². The van der Waals surface area contributed by atoms with E-state index < -0.39 is 0 Å². The predicted octanol–water partition coefficient (Wildman–Crippen LogP) is 2.27. The lowest BCUT2D eigenvalue weighted by Crippen LogP contribution is -2.34. The molecule has 1 fully saturated rings. The number of halogens is 1. The summed E-state index contributed by atoms with van der Waals surface area (Å²) in [6.45, 7) is 0. The van der Waals surface area contributed by atoms with Crippen LogP contribution < -0.4 is 0 Å². The average molecular weight is 329 g/mol. The number of imidazole rings is 1. The van der Waals surface area contributed by atoms with Crippen molar-refractivity contribution in [3.8, 4) is 0 Å². The fraction of sp³-hybridized carbons (Fsp3) is 0.583. The highest BCUT2D eigenvalue weighted by atomic mass is 127. The Hall–Kier alpha value is -0.360. The molecule has 3 rings (SSSR count). The zero-order valence-electron chi connectivity index (χ0n) is 9.65. The van der Waals surface area contributed by atoms with Crippen molar-refractivity contribution in [2.45, 2.75) is 31.3 Å². The van der Waals surface area contributed by atoms with Gasteiger partial charge >= 0.3 is 0 Å². The Labute approximate surface area is 110 Å². The zero-order valence-corrected chi connectivity index (χ0v) is 11.8. The molecule has 0 saturated carbocycles. The number of fused-ring (bicyclic) bond motifs is 2. The predicted molar refractivity (Wildman–Crippen MR) is 73.1 cm³/mol. The quantitative estimate of drug-likeness (QED) is 0.737. The maximum Gasteiger partial charge on any atom is 0.136 e. The van der Waals surface area contributed by atoms with Crippen molar-refractivity contribution in [2.75, 3.05) is 7.05 Å². The molecule has 0 N–H and O–H groups in total. The summed E-state index contributed by atoms with van der Waals surface area (Å²) in [5.74, 6) is 1.16. The minimum absolute atomic E-state index is 0.642. The number of hydrogen-bond acceptors (Lipinski definition) is 2. The maximum absolute atomic E-state index is 4.62. The van der Waals surface area contributed by atoms with E-state index in [1.54, 1.807) is 0 Å². The van der Waals surface area contributed by atoms with E-state index in [2.05, 4.69) is 63.4 Å². The molecule has 1 aromatic rings. The Balaban J connectivity index is 1.97. The second kappa shape index (κ2) is 3.84. The second-order valence-corrected chi connectivity index (χ2v) is 5.96. The number of nitrogens with zero attached hydrogens (tertiary/aromatic N) is 3. The summed E-state index contributed by atoms with van der Waals surface area (Å²) in [5.41, 5.74) is 1.44. The van der Waals surface area contributed by atoms with E-state index in [1.165, 1.54) is 18.4 Å². The number of likely N-dealkylation sites (N-methyl/N-ethyl adjacent to an activating group) is 1. The molecule has 86 valence electrons. The van der Waals surface area contributed by atoms with Gasteiger partial charge in [-0.1, -0.05) is 6.08 Å². The van der Waals surface area contributed by atoms with E-state index in [9.17, 15) is 0 Å². The van der Waals surface area contributed by atoms with Gasteiger partial charge in [0.25, 0.3) is 0 Å². The number of aryl methyl sites for hydroxylation is 1. The van der Waals surface area contributed by atoms with E-state index in [4.69, 9.17) is 0 Å². The van der Waals surface area contributed by atoms with Gasteiger partial charge in [-0.2, -0.15) is 0 Å². The average Bonchev–Trinajstić information content (AvgIpc) is 2.65. The highest BCUT2D eigenvalue weighted by Gasteiger charge is 2.34. The lowest BCUT2D eigenvalue weighted by atomic mass is 10.0. The van der Waals surface area contributed by atoms with Crippen LogP contribution in [0.1, 0.15) is 25.1 Å². The Morgan fingerprint density at radius 1 is 1.38 bits per heavy atom. The van der Waals surface area contributed by atoms with Crippen LogP contribution in [0, 0.1) is 3.70 Å². The Morgan fingerprint density at radius 2 is 2.19 bits per heavy atom. The van der Waals surface area contributed by atoms with Crippen LogP contribution in [0.15, 0.2) is 12.3 Å². The smallest absolute Gasteiger partial charge is 0.136 e. The van der Waals surface area contributed by atoms with Gasteiger partial charge in [-0.25, -0.2) is 4.98 Å². The second-order valence-electron chi connectivity index (χ2n) is 4.86. The van der Waals surface area contributed by atoms with Crippen molar-refractivity contribution in [3.05, 3.63) is 21.8 Å². The van der Waals surface area contributed by atoms with Crippen LogP contribution >= 0.6 is 22.6 Å². The Morgan fingerprint density at radius 3 is 2.81 bits per heavy atom. The number of rotatable bonds is 1. The molecule has 1 saturated heterocycles. The number of aromatic nitrogens is 2. The van der Waals surface area contributed by atoms with Crippen molar-refractivity contribution in [1.82, 2.24) is 14.5 Å². The molecule has 2 aliphatic heterocycles. The molecule has 0 amide bonds. The Bertz CT molecular complexity index is 449. The third-order valence-corrected chi connectivity index (χ3v) is 4.40. The molecule has 2 atom stereocenters. The van der Waals surface area contributed by atoms with Crippen molar-refractivity contribution >= 4 is 28.2 Å². The highest BCUT2D eigenvalue weighted by Crippen LogP contribution is 2.36. The molecular formula is C12H16IN3. The molecular weight excluding hydrogens is 313 g/mol. The van der Waals surface area contributed by atoms with E-state index >= 15 is 0 Å². The summed E-state index contributed by atoms with van der Waals surface area (Å²) in [6, 6.07) is 1.38. The fourth-order valence-corrected chi connectivity index (χ4v) is 3.58. The van der Waals surface area contributed by atoms with Gasteiger partial charge in [0.1, 0.15) is 9.53 Å². The maximum atomic E-state index is 4.62. The van der Waals surface area contributed by atoms with E-state index in [0.717, 1.165) is 22.0 Å². The van der Waals surface area contributed by atoms with Crippen LogP contribution in [0.5, 0.6) is 0 Å². The minimum atomic E-state index is 0.642. The van der Waals surface area contributed by atoms with Crippen LogP contribution in [0.4, 0.5) is 0 Å². The fourth-order valence-electron chi connectivity index (χ4n) is 2.94. The largest absolute Gasteiger partial charge is 0.333 e. The first-order valence-corrected chi connectivity index (χ1v) is 6.85. The van der Waals surface area contributed by atoms with Gasteiger partial charge in [0.2, 0.25) is 0 Å². The highest BCUT2D eigenvalue weighted by molar-refractivity contribution is 14.1. The van der Waals surface area contributed by atoms with E-state index in [0.29, 0.717) is 6.04 Å². The van der Waals surface area contributed by atoms with Gasteiger partial charge < -0.3 is 4.57 Å². The molecule has 3 heterocycles. The third kappa shape index (κ3) is 1.62. The monoisotopic (exact) mass is 329 g/mol. The lowest BCUT2D eigenvalue weighted by Gasteiger charge is -2.30. The molecule has 0 aromatic carbocycles. The van der Waals surface area contributed by atoms with Crippen LogP contribution in [0.3, 0.4) is 0 Å². The summed E-state index contributed by atoms with van der Waals surface area (Å²) >= 11 is 2.28. The van der Waals surface area contributed by atoms with Crippen molar-refractivity contribution in [1.29, 1.82) is 0 Å². The summed E-state index contributed by atoms with van der Waals surface area (Å²) in [6.07, 6.45) is 8.32. The molecule has 0 aliphatic carbocycles. The van der Waals surface area contributed by atoms with Gasteiger partial charge in [-0.3, -0.25) is 4.90 Å².